The maximum Gasteiger partial charge on any atom is 0.433 e. The number of likely N-dealkylation sites (tertiary alicyclic amines) is 1. The number of methoxy groups -OCH3 is 1. The topological polar surface area (TPSA) is 136 Å². The summed E-state index contributed by atoms with van der Waals surface area (Å²) < 4.78 is 51.1. The standard InChI is InChI=1S/C26H25F3N6O4S/c1-13(30)21-20(24(37)35-10-7-14(8-11-35)22(36)34-25-31-9-12-40-25)33-23(39-21)16-3-5-17(38-2)19-15(16)4-6-18(32-19)26(27,28)29/h3-6,9,12-14H,7-8,10-11,30H2,1-2H3,(H,31,34,36)/t13-/m0/s1. The van der Waals surface area contributed by atoms with Crippen molar-refractivity contribution >= 4 is 39.2 Å². The Labute approximate surface area is 230 Å². The van der Waals surface area contributed by atoms with Gasteiger partial charge in [-0.2, -0.15) is 13.2 Å². The number of thiazole rings is 1. The van der Waals surface area contributed by atoms with Gasteiger partial charge in [0.25, 0.3) is 5.91 Å². The molecule has 4 aromatic rings. The molecule has 1 fully saturated rings. The first-order valence-corrected chi connectivity index (χ1v) is 13.3. The van der Waals surface area contributed by atoms with Gasteiger partial charge in [-0.05, 0) is 44.0 Å². The number of anilines is 1. The minimum Gasteiger partial charge on any atom is -0.494 e. The van der Waals surface area contributed by atoms with E-state index in [1.165, 1.54) is 30.6 Å². The van der Waals surface area contributed by atoms with Crippen molar-refractivity contribution in [3.63, 3.8) is 0 Å². The summed E-state index contributed by atoms with van der Waals surface area (Å²) >= 11 is 1.33. The molecule has 210 valence electrons. The van der Waals surface area contributed by atoms with Gasteiger partial charge >= 0.3 is 6.18 Å². The first-order valence-electron chi connectivity index (χ1n) is 12.4. The van der Waals surface area contributed by atoms with E-state index in [-0.39, 0.29) is 40.4 Å². The van der Waals surface area contributed by atoms with E-state index in [9.17, 15) is 22.8 Å². The number of hydrogen-bond acceptors (Lipinski definition) is 9. The smallest absolute Gasteiger partial charge is 0.433 e. The fourth-order valence-corrected chi connectivity index (χ4v) is 5.13. The number of ether oxygens (including phenoxy) is 1. The monoisotopic (exact) mass is 574 g/mol. The van der Waals surface area contributed by atoms with Crippen LogP contribution in [0.25, 0.3) is 22.4 Å². The number of amides is 2. The van der Waals surface area contributed by atoms with Crippen LogP contribution in [-0.2, 0) is 11.0 Å². The first-order chi connectivity index (χ1) is 19.1. The van der Waals surface area contributed by atoms with E-state index >= 15 is 0 Å². The number of nitrogens with two attached hydrogens (primary N) is 1. The van der Waals surface area contributed by atoms with E-state index in [4.69, 9.17) is 14.9 Å². The first kappa shape index (κ1) is 27.5. The van der Waals surface area contributed by atoms with Gasteiger partial charge in [-0.15, -0.1) is 11.3 Å². The van der Waals surface area contributed by atoms with Crippen LogP contribution in [0, 0.1) is 5.92 Å². The van der Waals surface area contributed by atoms with Crippen molar-refractivity contribution in [3.05, 3.63) is 53.0 Å². The molecule has 2 amide bonds. The highest BCUT2D eigenvalue weighted by molar-refractivity contribution is 7.13. The molecule has 1 aromatic carbocycles. The molecule has 0 bridgehead atoms. The van der Waals surface area contributed by atoms with Crippen LogP contribution in [0.5, 0.6) is 5.75 Å². The molecule has 0 unspecified atom stereocenters. The van der Waals surface area contributed by atoms with Gasteiger partial charge in [-0.25, -0.2) is 15.0 Å². The van der Waals surface area contributed by atoms with E-state index in [1.807, 2.05) is 0 Å². The van der Waals surface area contributed by atoms with E-state index < -0.39 is 23.8 Å². The molecule has 4 heterocycles. The molecule has 0 radical (unpaired) electrons. The number of pyridine rings is 1. The fraction of sp³-hybridized carbons (Fsp3) is 0.346. The van der Waals surface area contributed by atoms with Gasteiger partial charge in [0.2, 0.25) is 11.8 Å². The second kappa shape index (κ2) is 10.8. The van der Waals surface area contributed by atoms with Crippen LogP contribution in [0.3, 0.4) is 0 Å². The van der Waals surface area contributed by atoms with E-state index in [0.29, 0.717) is 42.0 Å². The van der Waals surface area contributed by atoms with Crippen LogP contribution in [0.15, 0.2) is 40.3 Å². The van der Waals surface area contributed by atoms with Crippen LogP contribution in [0.1, 0.15) is 47.7 Å². The quantitative estimate of drug-likeness (QED) is 0.332. The summed E-state index contributed by atoms with van der Waals surface area (Å²) in [6.45, 7) is 2.29. The van der Waals surface area contributed by atoms with Crippen molar-refractivity contribution in [2.75, 3.05) is 25.5 Å². The van der Waals surface area contributed by atoms with Crippen LogP contribution in [0.2, 0.25) is 0 Å². The van der Waals surface area contributed by atoms with Crippen LogP contribution in [-0.4, -0.2) is 51.9 Å². The van der Waals surface area contributed by atoms with Gasteiger partial charge in [-0.1, -0.05) is 0 Å². The van der Waals surface area contributed by atoms with Crippen molar-refractivity contribution in [1.29, 1.82) is 0 Å². The molecule has 3 N–H and O–H groups in total. The normalized spacial score (nSPS) is 15.3. The molecule has 1 saturated heterocycles. The number of benzene rings is 1. The second-order valence-electron chi connectivity index (χ2n) is 9.32. The highest BCUT2D eigenvalue weighted by Crippen LogP contribution is 2.37. The number of piperidine rings is 1. The molecule has 0 aliphatic carbocycles. The van der Waals surface area contributed by atoms with Crippen LogP contribution in [0.4, 0.5) is 18.3 Å². The molecular weight excluding hydrogens is 549 g/mol. The highest BCUT2D eigenvalue weighted by atomic mass is 32.1. The lowest BCUT2D eigenvalue weighted by molar-refractivity contribution is -0.141. The van der Waals surface area contributed by atoms with Crippen molar-refractivity contribution in [2.45, 2.75) is 32.0 Å². The van der Waals surface area contributed by atoms with Crippen molar-refractivity contribution < 1.29 is 31.9 Å². The number of oxazole rings is 1. The molecule has 1 atom stereocenters. The van der Waals surface area contributed by atoms with Crippen LogP contribution >= 0.6 is 11.3 Å². The van der Waals surface area contributed by atoms with Crippen molar-refractivity contribution in [2.24, 2.45) is 11.7 Å². The second-order valence-corrected chi connectivity index (χ2v) is 10.2. The van der Waals surface area contributed by atoms with Crippen molar-refractivity contribution in [1.82, 2.24) is 19.9 Å². The zero-order chi connectivity index (χ0) is 28.6. The van der Waals surface area contributed by atoms with Gasteiger partial charge < -0.3 is 25.1 Å². The number of fused-ring (bicyclic) bond motifs is 1. The van der Waals surface area contributed by atoms with E-state index in [2.05, 4.69) is 20.3 Å². The SMILES string of the molecule is COc1ccc(-c2nc(C(=O)N3CCC(C(=O)Nc4nccs4)CC3)c([C@H](C)N)o2)c2ccc(C(F)(F)F)nc12. The molecule has 10 nitrogen and oxygen atoms in total. The Kier molecular flexibility index (Phi) is 7.47. The summed E-state index contributed by atoms with van der Waals surface area (Å²) in [5.74, 6) is -0.516. The molecule has 0 spiro atoms. The molecular formula is C26H25F3N6O4S. The number of halogens is 3. The largest absolute Gasteiger partial charge is 0.494 e. The minimum absolute atomic E-state index is 0.0135. The molecule has 14 heteroatoms. The summed E-state index contributed by atoms with van der Waals surface area (Å²) in [4.78, 5) is 39.9. The highest BCUT2D eigenvalue weighted by Gasteiger charge is 2.34. The maximum absolute atomic E-state index is 13.5. The van der Waals surface area contributed by atoms with Gasteiger partial charge in [-0.3, -0.25) is 9.59 Å². The third-order valence-corrected chi connectivity index (χ3v) is 7.33. The van der Waals surface area contributed by atoms with Crippen molar-refractivity contribution in [3.8, 4) is 17.2 Å². The average Bonchev–Trinajstić information content (AvgIpc) is 3.62. The summed E-state index contributed by atoms with van der Waals surface area (Å²) in [6, 6.07) is 4.47. The van der Waals surface area contributed by atoms with Gasteiger partial charge in [0.1, 0.15) is 17.0 Å². The Morgan fingerprint density at radius 3 is 2.58 bits per heavy atom. The van der Waals surface area contributed by atoms with Gasteiger partial charge in [0, 0.05) is 41.5 Å². The molecule has 5 rings (SSSR count). The Hall–Kier alpha value is -4.04. The number of rotatable bonds is 6. The molecule has 0 saturated carbocycles. The Morgan fingerprint density at radius 1 is 1.20 bits per heavy atom. The molecule has 1 aliphatic heterocycles. The van der Waals surface area contributed by atoms with E-state index in [0.717, 1.165) is 6.07 Å². The number of carbonyl (C=O) groups is 2. The summed E-state index contributed by atoms with van der Waals surface area (Å²) in [6.07, 6.45) is -2.13. The maximum atomic E-state index is 13.5. The fourth-order valence-electron chi connectivity index (χ4n) is 4.60. The number of aromatic nitrogens is 3. The number of alkyl halides is 3. The third kappa shape index (κ3) is 5.36. The molecule has 1 aliphatic rings. The number of nitrogens with one attached hydrogen (secondary N) is 1. The van der Waals surface area contributed by atoms with Crippen LogP contribution < -0.4 is 15.8 Å². The lowest BCUT2D eigenvalue weighted by Crippen LogP contribution is -2.42. The average molecular weight is 575 g/mol. The minimum atomic E-state index is -4.64. The van der Waals surface area contributed by atoms with E-state index in [1.54, 1.807) is 29.5 Å². The number of carbonyl (C=O) groups excluding carboxylic acids is 2. The lowest BCUT2D eigenvalue weighted by atomic mass is 9.95. The summed E-state index contributed by atoms with van der Waals surface area (Å²) in [5.41, 5.74) is 5.35. The Balaban J connectivity index is 1.41. The number of nitrogens with zero attached hydrogens (tertiary/aromatic N) is 4. The lowest BCUT2D eigenvalue weighted by Gasteiger charge is -2.30. The predicted octanol–water partition coefficient (Wildman–Crippen LogP) is 4.88. The third-order valence-electron chi connectivity index (χ3n) is 6.65. The number of hydrogen-bond donors (Lipinski definition) is 2. The Bertz CT molecular complexity index is 1550. The zero-order valence-corrected chi connectivity index (χ0v) is 22.3. The predicted molar refractivity (Wildman–Crippen MR) is 141 cm³/mol. The van der Waals surface area contributed by atoms with Gasteiger partial charge in [0.05, 0.1) is 13.2 Å². The summed E-state index contributed by atoms with van der Waals surface area (Å²) in [5, 5.41) is 5.39. The molecule has 40 heavy (non-hydrogen) atoms. The zero-order valence-electron chi connectivity index (χ0n) is 21.5. The molecule has 3 aromatic heterocycles. The Morgan fingerprint density at radius 2 is 1.95 bits per heavy atom. The van der Waals surface area contributed by atoms with Gasteiger partial charge in [0.15, 0.2) is 16.6 Å². The summed E-state index contributed by atoms with van der Waals surface area (Å²) in [7, 11) is 1.33.